The summed E-state index contributed by atoms with van der Waals surface area (Å²) in [4.78, 5) is 7.01. The van der Waals surface area contributed by atoms with Crippen molar-refractivity contribution in [2.45, 2.75) is 19.4 Å². The van der Waals surface area contributed by atoms with Gasteiger partial charge >= 0.3 is 6.01 Å². The monoisotopic (exact) mass is 417 g/mol. The summed E-state index contributed by atoms with van der Waals surface area (Å²) in [5.41, 5.74) is 7.02. The molecule has 0 bridgehead atoms. The lowest BCUT2D eigenvalue weighted by Gasteiger charge is -2.35. The fourth-order valence-corrected chi connectivity index (χ4v) is 4.53. The van der Waals surface area contributed by atoms with E-state index in [1.165, 1.54) is 0 Å². The number of anilines is 3. The van der Waals surface area contributed by atoms with Gasteiger partial charge in [0, 0.05) is 22.6 Å². The molecule has 0 fully saturated rings. The van der Waals surface area contributed by atoms with Gasteiger partial charge in [0.1, 0.15) is 5.60 Å². The van der Waals surface area contributed by atoms with Crippen LogP contribution in [-0.2, 0) is 5.60 Å². The van der Waals surface area contributed by atoms with E-state index in [4.69, 9.17) is 9.72 Å². The van der Waals surface area contributed by atoms with E-state index < -0.39 is 5.60 Å². The fourth-order valence-electron chi connectivity index (χ4n) is 4.53. The summed E-state index contributed by atoms with van der Waals surface area (Å²) in [5, 5.41) is 0. The minimum absolute atomic E-state index is 0.512. The minimum Gasteiger partial charge on any atom is -0.453 e. The highest BCUT2D eigenvalue weighted by Crippen LogP contribution is 2.44. The van der Waals surface area contributed by atoms with Crippen LogP contribution in [0.1, 0.15) is 19.4 Å². The molecule has 156 valence electrons. The average molecular weight is 418 g/mol. The zero-order valence-corrected chi connectivity index (χ0v) is 18.1. The molecule has 4 heteroatoms. The molecule has 5 aromatic rings. The number of benzene rings is 4. The number of aromatic nitrogens is 2. The molecule has 4 aromatic carbocycles. The number of ether oxygens (including phenoxy) is 1. The highest BCUT2D eigenvalue weighted by molar-refractivity contribution is 5.82. The van der Waals surface area contributed by atoms with E-state index in [1.54, 1.807) is 0 Å². The number of imidazole rings is 1. The highest BCUT2D eigenvalue weighted by atomic mass is 16.5. The fraction of sp³-hybridized carbons (Fsp3) is 0.107. The second-order valence-electron chi connectivity index (χ2n) is 8.54. The van der Waals surface area contributed by atoms with Crippen LogP contribution in [0, 0.1) is 0 Å². The van der Waals surface area contributed by atoms with Crippen molar-refractivity contribution in [2.75, 3.05) is 4.90 Å². The van der Waals surface area contributed by atoms with Crippen molar-refractivity contribution < 1.29 is 4.74 Å². The van der Waals surface area contributed by atoms with E-state index in [0.717, 1.165) is 39.3 Å². The Bertz CT molecular complexity index is 1380. The van der Waals surface area contributed by atoms with Gasteiger partial charge in [-0.3, -0.25) is 4.57 Å². The highest BCUT2D eigenvalue weighted by Gasteiger charge is 2.35. The molecule has 0 atom stereocenters. The molecule has 0 amide bonds. The molecule has 0 N–H and O–H groups in total. The summed E-state index contributed by atoms with van der Waals surface area (Å²) in [6.07, 6.45) is 0. The van der Waals surface area contributed by atoms with Gasteiger partial charge < -0.3 is 9.64 Å². The topological polar surface area (TPSA) is 30.3 Å². The third-order valence-corrected chi connectivity index (χ3v) is 6.03. The van der Waals surface area contributed by atoms with E-state index in [2.05, 4.69) is 96.1 Å². The van der Waals surface area contributed by atoms with Crippen molar-refractivity contribution in [3.8, 4) is 11.7 Å². The molecular weight excluding hydrogens is 394 g/mol. The normalized spacial score (nSPS) is 13.8. The summed E-state index contributed by atoms with van der Waals surface area (Å²) in [5.74, 6) is 0. The van der Waals surface area contributed by atoms with Crippen molar-refractivity contribution in [3.63, 3.8) is 0 Å². The third kappa shape index (κ3) is 2.88. The van der Waals surface area contributed by atoms with E-state index in [1.807, 2.05) is 30.3 Å². The number of rotatable bonds is 3. The number of hydrogen-bond acceptors (Lipinski definition) is 3. The molecule has 2 heterocycles. The van der Waals surface area contributed by atoms with Gasteiger partial charge in [-0.05, 0) is 68.4 Å². The smallest absolute Gasteiger partial charge is 0.303 e. The number of hydrogen-bond donors (Lipinski definition) is 0. The van der Waals surface area contributed by atoms with E-state index >= 15 is 0 Å². The van der Waals surface area contributed by atoms with Crippen LogP contribution in [0.2, 0.25) is 0 Å². The Balaban J connectivity index is 1.57. The Hall–Kier alpha value is -4.05. The van der Waals surface area contributed by atoms with Crippen molar-refractivity contribution >= 4 is 28.1 Å². The predicted octanol–water partition coefficient (Wildman–Crippen LogP) is 7.12. The Morgan fingerprint density at radius 2 is 1.34 bits per heavy atom. The first kappa shape index (κ1) is 18.7. The molecule has 32 heavy (non-hydrogen) atoms. The van der Waals surface area contributed by atoms with E-state index in [-0.39, 0.29) is 0 Å². The molecule has 0 aliphatic carbocycles. The maximum Gasteiger partial charge on any atom is 0.303 e. The molecule has 1 aliphatic heterocycles. The van der Waals surface area contributed by atoms with Gasteiger partial charge in [0.15, 0.2) is 0 Å². The van der Waals surface area contributed by atoms with Gasteiger partial charge in [-0.2, -0.15) is 4.98 Å². The van der Waals surface area contributed by atoms with Crippen LogP contribution in [0.15, 0.2) is 103 Å². The van der Waals surface area contributed by atoms with Gasteiger partial charge in [-0.25, -0.2) is 0 Å². The molecule has 4 nitrogen and oxygen atoms in total. The molecule has 0 saturated heterocycles. The van der Waals surface area contributed by atoms with Crippen LogP contribution in [0.3, 0.4) is 0 Å². The lowest BCUT2D eigenvalue weighted by atomic mass is 9.93. The molecular formula is C28H23N3O. The van der Waals surface area contributed by atoms with Gasteiger partial charge in [0.25, 0.3) is 0 Å². The number of fused-ring (bicyclic) bond motifs is 5. The van der Waals surface area contributed by atoms with E-state index in [9.17, 15) is 0 Å². The summed E-state index contributed by atoms with van der Waals surface area (Å²) < 4.78 is 8.53. The largest absolute Gasteiger partial charge is 0.453 e. The maximum atomic E-state index is 6.41. The summed E-state index contributed by atoms with van der Waals surface area (Å²) in [6, 6.07) is 36.3. The molecule has 0 saturated carbocycles. The Labute approximate surface area is 187 Å². The van der Waals surface area contributed by atoms with Crippen molar-refractivity contribution in [2.24, 2.45) is 0 Å². The second kappa shape index (κ2) is 6.99. The van der Waals surface area contributed by atoms with Gasteiger partial charge in [-0.1, -0.05) is 48.5 Å². The van der Waals surface area contributed by atoms with Crippen LogP contribution in [0.25, 0.3) is 16.7 Å². The van der Waals surface area contributed by atoms with Crippen molar-refractivity contribution in [1.82, 2.24) is 9.55 Å². The van der Waals surface area contributed by atoms with Crippen LogP contribution in [0.4, 0.5) is 17.1 Å². The van der Waals surface area contributed by atoms with Crippen molar-refractivity contribution in [1.29, 1.82) is 0 Å². The molecule has 1 aliphatic rings. The Kier molecular flexibility index (Phi) is 4.08. The van der Waals surface area contributed by atoms with Crippen molar-refractivity contribution in [3.05, 3.63) is 109 Å². The average Bonchev–Trinajstić information content (AvgIpc) is 3.18. The SMILES string of the molecule is CC1(C)Oc2nc3ccccc3n2-c2ccc(N(c3ccccc3)c3ccccc3)cc21. The molecule has 0 unspecified atom stereocenters. The maximum absolute atomic E-state index is 6.41. The standard InChI is InChI=1S/C28H23N3O/c1-28(2)23-19-22(30(20-11-5-3-6-12-20)21-13-7-4-8-14-21)17-18-25(23)31-26-16-10-9-15-24(26)29-27(31)32-28/h3-19H,1-2H3. The summed E-state index contributed by atoms with van der Waals surface area (Å²) in [7, 11) is 0. The number of para-hydroxylation sites is 4. The van der Waals surface area contributed by atoms with Crippen LogP contribution >= 0.6 is 0 Å². The van der Waals surface area contributed by atoms with Crippen LogP contribution in [-0.4, -0.2) is 9.55 Å². The summed E-state index contributed by atoms with van der Waals surface area (Å²) >= 11 is 0. The zero-order chi connectivity index (χ0) is 21.7. The van der Waals surface area contributed by atoms with Gasteiger partial charge in [-0.15, -0.1) is 0 Å². The Morgan fingerprint density at radius 1 is 0.719 bits per heavy atom. The Morgan fingerprint density at radius 3 is 2.03 bits per heavy atom. The van der Waals surface area contributed by atoms with Gasteiger partial charge in [0.05, 0.1) is 16.7 Å². The van der Waals surface area contributed by atoms with Crippen LogP contribution in [0.5, 0.6) is 6.01 Å². The minimum atomic E-state index is -0.512. The number of nitrogens with zero attached hydrogens (tertiary/aromatic N) is 3. The summed E-state index contributed by atoms with van der Waals surface area (Å²) in [6.45, 7) is 4.21. The first-order valence-corrected chi connectivity index (χ1v) is 10.8. The second-order valence-corrected chi connectivity index (χ2v) is 8.54. The molecule has 0 radical (unpaired) electrons. The predicted molar refractivity (Wildman–Crippen MR) is 129 cm³/mol. The first-order chi connectivity index (χ1) is 15.6. The quantitative estimate of drug-likeness (QED) is 0.313. The molecule has 0 spiro atoms. The lowest BCUT2D eigenvalue weighted by molar-refractivity contribution is 0.0848. The molecule has 6 rings (SSSR count). The molecule has 1 aromatic heterocycles. The first-order valence-electron chi connectivity index (χ1n) is 10.8. The lowest BCUT2D eigenvalue weighted by Crippen LogP contribution is -2.32. The van der Waals surface area contributed by atoms with Gasteiger partial charge in [0.2, 0.25) is 0 Å². The third-order valence-electron chi connectivity index (χ3n) is 6.03. The van der Waals surface area contributed by atoms with Crippen LogP contribution < -0.4 is 9.64 Å². The zero-order valence-electron chi connectivity index (χ0n) is 18.1. The van der Waals surface area contributed by atoms with E-state index in [0.29, 0.717) is 6.01 Å².